The minimum atomic E-state index is -4.51. The first-order chi connectivity index (χ1) is 16.7. The molecule has 2 heterocycles. The van der Waals surface area contributed by atoms with Crippen molar-refractivity contribution in [2.24, 2.45) is 0 Å². The van der Waals surface area contributed by atoms with Crippen LogP contribution in [0.15, 0.2) is 67.1 Å². The van der Waals surface area contributed by atoms with E-state index in [-0.39, 0.29) is 17.1 Å². The molecule has 0 fully saturated rings. The highest BCUT2D eigenvalue weighted by Crippen LogP contribution is 2.33. The monoisotopic (exact) mass is 479 g/mol. The molecule has 0 aliphatic carbocycles. The van der Waals surface area contributed by atoms with Crippen LogP contribution in [0, 0.1) is 6.92 Å². The molecule has 0 aliphatic heterocycles. The Balaban J connectivity index is 1.60. The maximum atomic E-state index is 13.0. The molecule has 4 aromatic rings. The number of nitrogens with one attached hydrogen (secondary N) is 1. The normalized spacial score (nSPS) is 11.2. The standard InChI is InChI=1S/C25H20F3N5O2/c1-3-21-30-14-31-22(33-21)19-8-5-11-29-24(19)35-20-12-16(10-9-15(20)2)23(34)32-18-7-4-6-17(13-18)25(26,27)28/h4-14H,3H2,1-2H3,(H,32,34). The van der Waals surface area contributed by atoms with Crippen molar-refractivity contribution in [3.63, 3.8) is 0 Å². The summed E-state index contributed by atoms with van der Waals surface area (Å²) in [5.74, 6) is 1.02. The molecule has 1 amide bonds. The number of carbonyl (C=O) groups is 1. The van der Waals surface area contributed by atoms with Gasteiger partial charge >= 0.3 is 6.18 Å². The number of carbonyl (C=O) groups excluding carboxylic acids is 1. The largest absolute Gasteiger partial charge is 0.438 e. The lowest BCUT2D eigenvalue weighted by atomic mass is 10.1. The van der Waals surface area contributed by atoms with Gasteiger partial charge in [-0.15, -0.1) is 0 Å². The Hall–Kier alpha value is -4.34. The number of alkyl halides is 3. The van der Waals surface area contributed by atoms with Crippen molar-refractivity contribution in [2.75, 3.05) is 5.32 Å². The van der Waals surface area contributed by atoms with Crippen LogP contribution in [0.5, 0.6) is 11.6 Å². The van der Waals surface area contributed by atoms with Gasteiger partial charge in [-0.2, -0.15) is 13.2 Å². The van der Waals surface area contributed by atoms with E-state index in [9.17, 15) is 18.0 Å². The SMILES string of the molecule is CCc1ncnc(-c2cccnc2Oc2cc(C(=O)Nc3cccc(C(F)(F)F)c3)ccc2C)n1. The van der Waals surface area contributed by atoms with E-state index >= 15 is 0 Å². The van der Waals surface area contributed by atoms with Gasteiger partial charge in [-0.25, -0.2) is 19.9 Å². The Labute approximate surface area is 199 Å². The zero-order valence-corrected chi connectivity index (χ0v) is 18.8. The lowest BCUT2D eigenvalue weighted by Gasteiger charge is -2.13. The molecule has 0 radical (unpaired) electrons. The third-order valence-corrected chi connectivity index (χ3v) is 5.05. The number of anilines is 1. The predicted molar refractivity (Wildman–Crippen MR) is 123 cm³/mol. The van der Waals surface area contributed by atoms with Gasteiger partial charge in [0, 0.05) is 23.9 Å². The maximum Gasteiger partial charge on any atom is 0.416 e. The molecule has 0 saturated heterocycles. The predicted octanol–water partition coefficient (Wildman–Crippen LogP) is 5.87. The second-order valence-corrected chi connectivity index (χ2v) is 7.55. The number of amides is 1. The Morgan fingerprint density at radius 3 is 2.63 bits per heavy atom. The van der Waals surface area contributed by atoms with Crippen LogP contribution in [0.4, 0.5) is 18.9 Å². The van der Waals surface area contributed by atoms with Crippen LogP contribution >= 0.6 is 0 Å². The Morgan fingerprint density at radius 1 is 1.03 bits per heavy atom. The Morgan fingerprint density at radius 2 is 1.86 bits per heavy atom. The molecule has 10 heteroatoms. The zero-order valence-electron chi connectivity index (χ0n) is 18.8. The summed E-state index contributed by atoms with van der Waals surface area (Å²) in [7, 11) is 0. The highest BCUT2D eigenvalue weighted by molar-refractivity contribution is 6.04. The smallest absolute Gasteiger partial charge is 0.416 e. The topological polar surface area (TPSA) is 89.9 Å². The molecular weight excluding hydrogens is 459 g/mol. The van der Waals surface area contributed by atoms with Crippen LogP contribution in [0.3, 0.4) is 0 Å². The molecular formula is C25H20F3N5O2. The molecule has 0 bridgehead atoms. The van der Waals surface area contributed by atoms with Crippen LogP contribution in [-0.2, 0) is 12.6 Å². The number of halogens is 3. The summed E-state index contributed by atoms with van der Waals surface area (Å²) >= 11 is 0. The van der Waals surface area contributed by atoms with E-state index in [1.54, 1.807) is 37.4 Å². The second-order valence-electron chi connectivity index (χ2n) is 7.55. The molecule has 2 aromatic carbocycles. The van der Waals surface area contributed by atoms with Gasteiger partial charge in [0.1, 0.15) is 17.9 Å². The van der Waals surface area contributed by atoms with Gasteiger partial charge in [-0.3, -0.25) is 4.79 Å². The van der Waals surface area contributed by atoms with E-state index in [2.05, 4.69) is 25.3 Å². The number of rotatable bonds is 6. The maximum absolute atomic E-state index is 13.0. The van der Waals surface area contributed by atoms with Gasteiger partial charge in [-0.1, -0.05) is 19.1 Å². The lowest BCUT2D eigenvalue weighted by molar-refractivity contribution is -0.137. The molecule has 0 atom stereocenters. The lowest BCUT2D eigenvalue weighted by Crippen LogP contribution is -2.13. The van der Waals surface area contributed by atoms with E-state index in [1.165, 1.54) is 24.5 Å². The minimum absolute atomic E-state index is 0.0291. The number of aryl methyl sites for hydroxylation is 2. The van der Waals surface area contributed by atoms with Crippen LogP contribution in [0.1, 0.15) is 34.2 Å². The molecule has 7 nitrogen and oxygen atoms in total. The van der Waals surface area contributed by atoms with Gasteiger partial charge in [-0.05, 0) is 55.0 Å². The van der Waals surface area contributed by atoms with Crippen molar-refractivity contribution >= 4 is 11.6 Å². The molecule has 0 spiro atoms. The Bertz CT molecular complexity index is 1380. The number of pyridine rings is 1. The average molecular weight is 479 g/mol. The number of hydrogen-bond acceptors (Lipinski definition) is 6. The average Bonchev–Trinajstić information content (AvgIpc) is 2.85. The zero-order chi connectivity index (χ0) is 25.0. The van der Waals surface area contributed by atoms with E-state index in [1.807, 2.05) is 6.92 Å². The molecule has 1 N–H and O–H groups in total. The van der Waals surface area contributed by atoms with Crippen molar-refractivity contribution in [3.8, 4) is 23.0 Å². The first-order valence-electron chi connectivity index (χ1n) is 10.6. The van der Waals surface area contributed by atoms with E-state index < -0.39 is 17.6 Å². The summed E-state index contributed by atoms with van der Waals surface area (Å²) in [6.45, 7) is 3.73. The number of hydrogen-bond donors (Lipinski definition) is 1. The quantitative estimate of drug-likeness (QED) is 0.372. The summed E-state index contributed by atoms with van der Waals surface area (Å²) in [6.07, 6.45) is -0.904. The molecule has 35 heavy (non-hydrogen) atoms. The van der Waals surface area contributed by atoms with Gasteiger partial charge < -0.3 is 10.1 Å². The number of benzene rings is 2. The van der Waals surface area contributed by atoms with Crippen molar-refractivity contribution in [2.45, 2.75) is 26.4 Å². The van der Waals surface area contributed by atoms with Crippen molar-refractivity contribution < 1.29 is 22.7 Å². The van der Waals surface area contributed by atoms with E-state index in [0.717, 1.165) is 17.7 Å². The van der Waals surface area contributed by atoms with E-state index in [4.69, 9.17) is 4.74 Å². The van der Waals surface area contributed by atoms with E-state index in [0.29, 0.717) is 29.4 Å². The summed E-state index contributed by atoms with van der Waals surface area (Å²) in [6, 6.07) is 12.7. The second kappa shape index (κ2) is 9.88. The van der Waals surface area contributed by atoms with Gasteiger partial charge in [0.05, 0.1) is 11.1 Å². The van der Waals surface area contributed by atoms with Gasteiger partial charge in [0.2, 0.25) is 5.88 Å². The summed E-state index contributed by atoms with van der Waals surface area (Å²) in [4.78, 5) is 29.8. The summed E-state index contributed by atoms with van der Waals surface area (Å²) in [5.41, 5.74) is 0.649. The van der Waals surface area contributed by atoms with Crippen molar-refractivity contribution in [1.29, 1.82) is 0 Å². The van der Waals surface area contributed by atoms with Crippen LogP contribution in [0.2, 0.25) is 0 Å². The van der Waals surface area contributed by atoms with Crippen LogP contribution in [0.25, 0.3) is 11.4 Å². The van der Waals surface area contributed by atoms with Gasteiger partial charge in [0.15, 0.2) is 5.82 Å². The summed E-state index contributed by atoms with van der Waals surface area (Å²) in [5, 5.41) is 2.49. The third-order valence-electron chi connectivity index (χ3n) is 5.05. The van der Waals surface area contributed by atoms with Crippen molar-refractivity contribution in [3.05, 3.63) is 89.6 Å². The van der Waals surface area contributed by atoms with Crippen LogP contribution in [-0.4, -0.2) is 25.8 Å². The fraction of sp³-hybridized carbons (Fsp3) is 0.160. The van der Waals surface area contributed by atoms with Crippen molar-refractivity contribution in [1.82, 2.24) is 19.9 Å². The molecule has 0 unspecified atom stereocenters. The fourth-order valence-corrected chi connectivity index (χ4v) is 3.20. The molecule has 0 saturated carbocycles. The first-order valence-corrected chi connectivity index (χ1v) is 10.6. The molecule has 4 rings (SSSR count). The number of nitrogens with zero attached hydrogens (tertiary/aromatic N) is 4. The van der Waals surface area contributed by atoms with Crippen LogP contribution < -0.4 is 10.1 Å². The first kappa shape index (κ1) is 23.8. The summed E-state index contributed by atoms with van der Waals surface area (Å²) < 4.78 is 45.0. The fourth-order valence-electron chi connectivity index (χ4n) is 3.20. The molecule has 178 valence electrons. The third kappa shape index (κ3) is 5.60. The Kier molecular flexibility index (Phi) is 6.72. The highest BCUT2D eigenvalue weighted by atomic mass is 19.4. The minimum Gasteiger partial charge on any atom is -0.438 e. The van der Waals surface area contributed by atoms with Gasteiger partial charge in [0.25, 0.3) is 5.91 Å². The highest BCUT2D eigenvalue weighted by Gasteiger charge is 2.30. The number of aromatic nitrogens is 4. The molecule has 0 aliphatic rings. The molecule has 2 aromatic heterocycles. The number of ether oxygens (including phenoxy) is 1.